The number of aromatic nitrogens is 3. The van der Waals surface area contributed by atoms with Crippen LogP contribution in [0, 0.1) is 11.3 Å². The Bertz CT molecular complexity index is 1610. The molecule has 0 aliphatic carbocycles. The fraction of sp³-hybridized carbons (Fsp3) is 0.0455. The van der Waals surface area contributed by atoms with Crippen molar-refractivity contribution in [2.24, 2.45) is 0 Å². The van der Waals surface area contributed by atoms with E-state index in [1.54, 1.807) is 24.5 Å². The molecule has 4 aromatic rings. The molecule has 0 saturated heterocycles. The van der Waals surface area contributed by atoms with Crippen LogP contribution in [0.1, 0.15) is 31.2 Å². The van der Waals surface area contributed by atoms with Gasteiger partial charge in [-0.25, -0.2) is 18.1 Å². The van der Waals surface area contributed by atoms with Crippen LogP contribution in [0.2, 0.25) is 0 Å². The van der Waals surface area contributed by atoms with Gasteiger partial charge in [-0.1, -0.05) is 23.5 Å². The van der Waals surface area contributed by atoms with Crippen LogP contribution in [0.5, 0.6) is 0 Å². The van der Waals surface area contributed by atoms with Crippen molar-refractivity contribution in [2.75, 3.05) is 5.32 Å². The summed E-state index contributed by atoms with van der Waals surface area (Å²) in [4.78, 5) is 30.1. The SMILES string of the molecule is N#Cc1cnn(-c2ncc(CNC(=O)c3ccc4c(c3)NC(=O)c3ccccc3S4(=O)=O)s2)c1. The van der Waals surface area contributed by atoms with Gasteiger partial charge in [-0.15, -0.1) is 0 Å². The van der Waals surface area contributed by atoms with Crippen LogP contribution in [-0.2, 0) is 16.4 Å². The number of thiazole rings is 1. The van der Waals surface area contributed by atoms with Crippen molar-refractivity contribution in [1.82, 2.24) is 20.1 Å². The Labute approximate surface area is 197 Å². The van der Waals surface area contributed by atoms with E-state index in [-0.39, 0.29) is 33.2 Å². The van der Waals surface area contributed by atoms with Crippen LogP contribution in [0.3, 0.4) is 0 Å². The van der Waals surface area contributed by atoms with E-state index in [0.717, 1.165) is 4.88 Å². The number of carbonyl (C=O) groups is 2. The van der Waals surface area contributed by atoms with Crippen molar-refractivity contribution in [1.29, 1.82) is 5.26 Å². The quantitative estimate of drug-likeness (QED) is 0.447. The van der Waals surface area contributed by atoms with Gasteiger partial charge in [0, 0.05) is 16.6 Å². The summed E-state index contributed by atoms with van der Waals surface area (Å²) in [5.74, 6) is -1.01. The minimum Gasteiger partial charge on any atom is -0.347 e. The first-order chi connectivity index (χ1) is 16.4. The Hall–Kier alpha value is -4.34. The third-order valence-electron chi connectivity index (χ3n) is 5.07. The van der Waals surface area contributed by atoms with Gasteiger partial charge in [-0.2, -0.15) is 10.4 Å². The van der Waals surface area contributed by atoms with Crippen molar-refractivity contribution in [3.63, 3.8) is 0 Å². The lowest BCUT2D eigenvalue weighted by atomic mass is 10.1. The van der Waals surface area contributed by atoms with Gasteiger partial charge in [0.2, 0.25) is 15.0 Å². The fourth-order valence-electron chi connectivity index (χ4n) is 3.44. The molecule has 0 fully saturated rings. The van der Waals surface area contributed by atoms with Crippen molar-refractivity contribution >= 4 is 38.7 Å². The molecule has 168 valence electrons. The summed E-state index contributed by atoms with van der Waals surface area (Å²) >= 11 is 1.29. The molecule has 0 saturated carbocycles. The maximum absolute atomic E-state index is 13.1. The standard InChI is InChI=1S/C22H14N6O4S2/c23-8-13-9-26-28(12-13)22-25-11-15(33-22)10-24-20(29)14-5-6-19-17(7-14)27-21(30)16-3-1-2-4-18(16)34(19,31)32/h1-7,9,11-12H,10H2,(H,24,29)(H,27,30). The lowest BCUT2D eigenvalue weighted by Gasteiger charge is -2.10. The average Bonchev–Trinajstić information content (AvgIpc) is 3.50. The number of nitrogens with zero attached hydrogens (tertiary/aromatic N) is 4. The zero-order chi connectivity index (χ0) is 23.9. The van der Waals surface area contributed by atoms with Gasteiger partial charge in [0.15, 0.2) is 0 Å². The molecule has 0 radical (unpaired) electrons. The number of amides is 2. The second-order valence-electron chi connectivity index (χ2n) is 7.24. The van der Waals surface area contributed by atoms with Gasteiger partial charge in [0.25, 0.3) is 11.8 Å². The van der Waals surface area contributed by atoms with Gasteiger partial charge >= 0.3 is 0 Å². The minimum absolute atomic E-state index is 0.0425. The monoisotopic (exact) mass is 490 g/mol. The van der Waals surface area contributed by atoms with Crippen LogP contribution in [-0.4, -0.2) is 35.0 Å². The van der Waals surface area contributed by atoms with E-state index in [2.05, 4.69) is 20.7 Å². The van der Waals surface area contributed by atoms with E-state index in [4.69, 9.17) is 5.26 Å². The molecule has 5 rings (SSSR count). The predicted molar refractivity (Wildman–Crippen MR) is 121 cm³/mol. The van der Waals surface area contributed by atoms with E-state index in [9.17, 15) is 18.0 Å². The summed E-state index contributed by atoms with van der Waals surface area (Å²) < 4.78 is 27.6. The number of fused-ring (bicyclic) bond motifs is 2. The third kappa shape index (κ3) is 3.72. The molecule has 0 atom stereocenters. The molecule has 2 aromatic heterocycles. The lowest BCUT2D eigenvalue weighted by molar-refractivity contribution is 0.0949. The van der Waals surface area contributed by atoms with Crippen molar-refractivity contribution in [2.45, 2.75) is 16.3 Å². The smallest absolute Gasteiger partial charge is 0.257 e. The number of carbonyl (C=O) groups excluding carboxylic acids is 2. The zero-order valence-corrected chi connectivity index (χ0v) is 18.9. The van der Waals surface area contributed by atoms with Crippen LogP contribution in [0.4, 0.5) is 5.69 Å². The highest BCUT2D eigenvalue weighted by atomic mass is 32.2. The molecule has 2 amide bonds. The minimum atomic E-state index is -3.94. The molecule has 1 aliphatic rings. The van der Waals surface area contributed by atoms with Crippen molar-refractivity contribution in [3.8, 4) is 11.2 Å². The molecule has 2 N–H and O–H groups in total. The highest BCUT2D eigenvalue weighted by Gasteiger charge is 2.31. The second kappa shape index (κ2) is 8.22. The van der Waals surface area contributed by atoms with Crippen LogP contribution in [0.15, 0.2) is 70.8 Å². The molecule has 0 spiro atoms. The van der Waals surface area contributed by atoms with Crippen LogP contribution < -0.4 is 10.6 Å². The first-order valence-corrected chi connectivity index (χ1v) is 12.1. The molecule has 2 aromatic carbocycles. The average molecular weight is 491 g/mol. The Morgan fingerprint density at radius 2 is 2.00 bits per heavy atom. The van der Waals surface area contributed by atoms with E-state index < -0.39 is 21.7 Å². The number of nitriles is 1. The Morgan fingerprint density at radius 1 is 1.18 bits per heavy atom. The number of hydrogen-bond acceptors (Lipinski definition) is 8. The van der Waals surface area contributed by atoms with Gasteiger partial charge in [-0.3, -0.25) is 9.59 Å². The Kier molecular flexibility index (Phi) is 5.20. The molecular weight excluding hydrogens is 476 g/mol. The molecule has 0 unspecified atom stereocenters. The molecule has 0 bridgehead atoms. The molecule has 3 heterocycles. The van der Waals surface area contributed by atoms with Crippen molar-refractivity contribution in [3.05, 3.63) is 82.6 Å². The third-order valence-corrected chi connectivity index (χ3v) is 7.93. The van der Waals surface area contributed by atoms with Gasteiger partial charge in [0.1, 0.15) is 6.07 Å². The second-order valence-corrected chi connectivity index (χ2v) is 10.2. The van der Waals surface area contributed by atoms with E-state index >= 15 is 0 Å². The summed E-state index contributed by atoms with van der Waals surface area (Å²) in [6.45, 7) is 0.177. The van der Waals surface area contributed by atoms with Crippen molar-refractivity contribution < 1.29 is 18.0 Å². The molecular formula is C22H14N6O4S2. The topological polar surface area (TPSA) is 147 Å². The fourth-order valence-corrected chi connectivity index (χ4v) is 5.81. The van der Waals surface area contributed by atoms with Gasteiger partial charge < -0.3 is 10.6 Å². The van der Waals surface area contributed by atoms with Gasteiger partial charge in [-0.05, 0) is 30.3 Å². The molecule has 34 heavy (non-hydrogen) atoms. The highest BCUT2D eigenvalue weighted by Crippen LogP contribution is 2.34. The van der Waals surface area contributed by atoms with E-state index in [1.807, 2.05) is 6.07 Å². The van der Waals surface area contributed by atoms with Crippen LogP contribution >= 0.6 is 11.3 Å². The normalized spacial score (nSPS) is 13.7. The largest absolute Gasteiger partial charge is 0.347 e. The highest BCUT2D eigenvalue weighted by molar-refractivity contribution is 7.91. The number of sulfone groups is 1. The number of benzene rings is 2. The van der Waals surface area contributed by atoms with Crippen LogP contribution in [0.25, 0.3) is 5.13 Å². The summed E-state index contributed by atoms with van der Waals surface area (Å²) in [6, 6.07) is 12.0. The number of nitrogens with one attached hydrogen (secondary N) is 2. The maximum atomic E-state index is 13.1. The van der Waals surface area contributed by atoms with Gasteiger partial charge in [0.05, 0.1) is 45.5 Å². The number of rotatable bonds is 4. The summed E-state index contributed by atoms with van der Waals surface area (Å²) in [7, 11) is -3.94. The molecule has 1 aliphatic heterocycles. The predicted octanol–water partition coefficient (Wildman–Crippen LogP) is 2.53. The number of anilines is 1. The number of hydrogen-bond donors (Lipinski definition) is 2. The zero-order valence-electron chi connectivity index (χ0n) is 17.2. The van der Waals surface area contributed by atoms with E-state index in [1.165, 1.54) is 52.5 Å². The first-order valence-electron chi connectivity index (χ1n) is 9.84. The summed E-state index contributed by atoms with van der Waals surface area (Å²) in [5.41, 5.74) is 0.687. The summed E-state index contributed by atoms with van der Waals surface area (Å²) in [5, 5.41) is 18.9. The maximum Gasteiger partial charge on any atom is 0.257 e. The summed E-state index contributed by atoms with van der Waals surface area (Å²) in [6.07, 6.45) is 4.57. The molecule has 12 heteroatoms. The lowest BCUT2D eigenvalue weighted by Crippen LogP contribution is -2.22. The Balaban J connectivity index is 1.35. The molecule has 10 nitrogen and oxygen atoms in total. The van der Waals surface area contributed by atoms with E-state index in [0.29, 0.717) is 10.7 Å². The Morgan fingerprint density at radius 3 is 2.79 bits per heavy atom. The first kappa shape index (κ1) is 21.5.